The largest absolute Gasteiger partial charge is 0.504 e. The van der Waals surface area contributed by atoms with Crippen LogP contribution in [0.4, 0.5) is 0 Å². The highest BCUT2D eigenvalue weighted by molar-refractivity contribution is 6.30. The molecule has 0 fully saturated rings. The maximum absolute atomic E-state index is 10.2. The molecule has 0 unspecified atom stereocenters. The zero-order chi connectivity index (χ0) is 13.5. The molecular weight excluding hydrogens is 248 g/mol. The van der Waals surface area contributed by atoms with Crippen molar-refractivity contribution in [1.29, 1.82) is 0 Å². The van der Waals surface area contributed by atoms with Gasteiger partial charge in [-0.2, -0.15) is 5.10 Å². The lowest BCUT2D eigenvalue weighted by Crippen LogP contribution is -2.24. The summed E-state index contributed by atoms with van der Waals surface area (Å²) in [7, 11) is 0. The van der Waals surface area contributed by atoms with E-state index in [4.69, 9.17) is 11.6 Å². The van der Waals surface area contributed by atoms with Crippen LogP contribution >= 0.6 is 11.6 Å². The first-order valence-corrected chi connectivity index (χ1v) is 6.23. The van der Waals surface area contributed by atoms with Gasteiger partial charge in [-0.05, 0) is 39.8 Å². The Balaban J connectivity index is 2.60. The van der Waals surface area contributed by atoms with Gasteiger partial charge in [0.2, 0.25) is 0 Å². The van der Waals surface area contributed by atoms with Crippen LogP contribution in [-0.4, -0.2) is 14.9 Å². The van der Waals surface area contributed by atoms with Gasteiger partial charge in [-0.15, -0.1) is 0 Å². The second-order valence-corrected chi connectivity index (χ2v) is 5.81. The molecule has 1 heterocycles. The van der Waals surface area contributed by atoms with Gasteiger partial charge in [0, 0.05) is 10.6 Å². The van der Waals surface area contributed by atoms with Gasteiger partial charge in [0.05, 0.1) is 11.2 Å². The van der Waals surface area contributed by atoms with E-state index < -0.39 is 0 Å². The summed E-state index contributed by atoms with van der Waals surface area (Å²) >= 11 is 5.97. The van der Waals surface area contributed by atoms with E-state index in [1.165, 1.54) is 0 Å². The van der Waals surface area contributed by atoms with Crippen molar-refractivity contribution in [3.63, 3.8) is 0 Å². The van der Waals surface area contributed by atoms with Crippen molar-refractivity contribution in [1.82, 2.24) is 9.78 Å². The fourth-order valence-electron chi connectivity index (χ4n) is 1.98. The molecule has 0 atom stereocenters. The first-order chi connectivity index (χ1) is 8.30. The van der Waals surface area contributed by atoms with Gasteiger partial charge in [-0.25, -0.2) is 0 Å². The van der Waals surface area contributed by atoms with E-state index in [1.54, 1.807) is 12.1 Å². The molecule has 0 aliphatic rings. The molecule has 2 rings (SSSR count). The number of halogens is 1. The second kappa shape index (κ2) is 4.32. The van der Waals surface area contributed by atoms with Crippen LogP contribution in [0.25, 0.3) is 11.3 Å². The summed E-state index contributed by atoms with van der Waals surface area (Å²) in [6.07, 6.45) is 0. The van der Waals surface area contributed by atoms with Gasteiger partial charge in [0.25, 0.3) is 0 Å². The Kier molecular flexibility index (Phi) is 3.11. The molecule has 0 saturated carbocycles. The Morgan fingerprint density at radius 3 is 2.44 bits per heavy atom. The van der Waals surface area contributed by atoms with E-state index in [-0.39, 0.29) is 11.3 Å². The Bertz CT molecular complexity index is 582. The number of rotatable bonds is 1. The minimum atomic E-state index is -0.168. The number of aromatic hydroxyl groups is 1. The summed E-state index contributed by atoms with van der Waals surface area (Å²) in [5.41, 5.74) is 1.99. The lowest BCUT2D eigenvalue weighted by Gasteiger charge is -2.20. The lowest BCUT2D eigenvalue weighted by atomic mass is 10.1. The third-order valence-electron chi connectivity index (χ3n) is 2.82. The molecule has 0 bridgehead atoms. The van der Waals surface area contributed by atoms with Crippen LogP contribution in [-0.2, 0) is 5.54 Å². The maximum atomic E-state index is 10.2. The highest BCUT2D eigenvalue weighted by Gasteiger charge is 2.22. The van der Waals surface area contributed by atoms with Gasteiger partial charge < -0.3 is 5.11 Å². The third kappa shape index (κ3) is 2.23. The average molecular weight is 265 g/mol. The van der Waals surface area contributed by atoms with Gasteiger partial charge >= 0.3 is 0 Å². The molecule has 0 spiro atoms. The molecule has 96 valence electrons. The quantitative estimate of drug-likeness (QED) is 0.846. The number of benzene rings is 1. The maximum Gasteiger partial charge on any atom is 0.164 e. The Morgan fingerprint density at radius 2 is 1.94 bits per heavy atom. The summed E-state index contributed by atoms with van der Waals surface area (Å²) < 4.78 is 1.83. The van der Waals surface area contributed by atoms with Crippen molar-refractivity contribution in [2.45, 2.75) is 33.2 Å². The van der Waals surface area contributed by atoms with Crippen LogP contribution in [0.15, 0.2) is 24.3 Å². The summed E-state index contributed by atoms with van der Waals surface area (Å²) in [5, 5.41) is 15.3. The number of aromatic nitrogens is 2. The molecule has 4 heteroatoms. The first kappa shape index (κ1) is 13.0. The minimum Gasteiger partial charge on any atom is -0.504 e. The lowest BCUT2D eigenvalue weighted by molar-refractivity contribution is 0.345. The van der Waals surface area contributed by atoms with Crippen LogP contribution in [0.5, 0.6) is 5.75 Å². The Hall–Kier alpha value is -1.48. The standard InChI is InChI=1S/C14H17ClN2O/c1-9-13(18)12(16-17(9)14(2,3)4)10-6-5-7-11(15)8-10/h5-8,18H,1-4H3. The predicted molar refractivity (Wildman–Crippen MR) is 74.1 cm³/mol. The highest BCUT2D eigenvalue weighted by atomic mass is 35.5. The zero-order valence-corrected chi connectivity index (χ0v) is 11.8. The van der Waals surface area contributed by atoms with Gasteiger partial charge in [0.1, 0.15) is 5.69 Å². The van der Waals surface area contributed by atoms with Crippen molar-refractivity contribution in [3.8, 4) is 17.0 Å². The number of hydrogen-bond acceptors (Lipinski definition) is 2. The van der Waals surface area contributed by atoms with E-state index in [0.717, 1.165) is 11.3 Å². The normalized spacial score (nSPS) is 11.8. The molecule has 0 amide bonds. The first-order valence-electron chi connectivity index (χ1n) is 5.85. The summed E-state index contributed by atoms with van der Waals surface area (Å²) in [6, 6.07) is 7.34. The molecule has 3 nitrogen and oxygen atoms in total. The van der Waals surface area contributed by atoms with E-state index in [9.17, 15) is 5.11 Å². The minimum absolute atomic E-state index is 0.168. The van der Waals surface area contributed by atoms with Crippen LogP contribution in [0, 0.1) is 6.92 Å². The van der Waals surface area contributed by atoms with Gasteiger partial charge in [-0.3, -0.25) is 4.68 Å². The van der Waals surface area contributed by atoms with Crippen molar-refractivity contribution in [2.24, 2.45) is 0 Å². The highest BCUT2D eigenvalue weighted by Crippen LogP contribution is 2.34. The van der Waals surface area contributed by atoms with Crippen LogP contribution in [0.3, 0.4) is 0 Å². The summed E-state index contributed by atoms with van der Waals surface area (Å²) in [4.78, 5) is 0. The molecule has 0 radical (unpaired) electrons. The van der Waals surface area contributed by atoms with Crippen molar-refractivity contribution < 1.29 is 5.11 Å². The van der Waals surface area contributed by atoms with E-state index in [1.807, 2.05) is 44.5 Å². The SMILES string of the molecule is Cc1c(O)c(-c2cccc(Cl)c2)nn1C(C)(C)C. The van der Waals surface area contributed by atoms with E-state index in [0.29, 0.717) is 10.7 Å². The summed E-state index contributed by atoms with van der Waals surface area (Å²) in [5.74, 6) is 0.215. The Labute approximate surface area is 112 Å². The van der Waals surface area contributed by atoms with Gasteiger partial charge in [0.15, 0.2) is 5.75 Å². The average Bonchev–Trinajstić information content (AvgIpc) is 2.55. The fraction of sp³-hybridized carbons (Fsp3) is 0.357. The topological polar surface area (TPSA) is 38.1 Å². The molecule has 1 N–H and O–H groups in total. The van der Waals surface area contributed by atoms with E-state index >= 15 is 0 Å². The molecule has 1 aromatic heterocycles. The zero-order valence-electron chi connectivity index (χ0n) is 11.0. The fourth-order valence-corrected chi connectivity index (χ4v) is 2.17. The monoisotopic (exact) mass is 264 g/mol. The van der Waals surface area contributed by atoms with Crippen LogP contribution in [0.2, 0.25) is 5.02 Å². The van der Waals surface area contributed by atoms with Gasteiger partial charge in [-0.1, -0.05) is 23.7 Å². The predicted octanol–water partition coefficient (Wildman–Crippen LogP) is 3.97. The van der Waals surface area contributed by atoms with Crippen molar-refractivity contribution >= 4 is 11.6 Å². The molecular formula is C14H17ClN2O. The van der Waals surface area contributed by atoms with Crippen molar-refractivity contribution in [3.05, 3.63) is 35.0 Å². The van der Waals surface area contributed by atoms with Crippen LogP contribution in [0.1, 0.15) is 26.5 Å². The molecule has 0 saturated heterocycles. The molecule has 0 aliphatic carbocycles. The molecule has 0 aliphatic heterocycles. The van der Waals surface area contributed by atoms with Crippen LogP contribution < -0.4 is 0 Å². The molecule has 18 heavy (non-hydrogen) atoms. The second-order valence-electron chi connectivity index (χ2n) is 5.38. The van der Waals surface area contributed by atoms with Crippen molar-refractivity contribution in [2.75, 3.05) is 0 Å². The summed E-state index contributed by atoms with van der Waals surface area (Å²) in [6.45, 7) is 8.01. The smallest absolute Gasteiger partial charge is 0.164 e. The molecule has 2 aromatic rings. The Morgan fingerprint density at radius 1 is 1.28 bits per heavy atom. The number of hydrogen-bond donors (Lipinski definition) is 1. The molecule has 1 aromatic carbocycles. The van der Waals surface area contributed by atoms with E-state index in [2.05, 4.69) is 5.10 Å². The number of nitrogens with zero attached hydrogens (tertiary/aromatic N) is 2. The third-order valence-corrected chi connectivity index (χ3v) is 3.05.